The van der Waals surface area contributed by atoms with Crippen LogP contribution >= 0.6 is 0 Å². The highest BCUT2D eigenvalue weighted by Gasteiger charge is 2.13. The van der Waals surface area contributed by atoms with Crippen LogP contribution in [0.3, 0.4) is 0 Å². The van der Waals surface area contributed by atoms with Gasteiger partial charge in [0.15, 0.2) is 0 Å². The minimum Gasteiger partial charge on any atom is -0.494 e. The molecule has 0 aliphatic rings. The van der Waals surface area contributed by atoms with Crippen molar-refractivity contribution in [2.24, 2.45) is 0 Å². The Morgan fingerprint density at radius 1 is 0.968 bits per heavy atom. The van der Waals surface area contributed by atoms with Gasteiger partial charge in [0.1, 0.15) is 11.6 Å². The standard InChI is InChI=1S/C25H32N2O4/c1-19-9-11-20(12-10-19)25-26-22-14-13-21(18-23(22)27(25)15-7-16-29-2)31-17-6-4-5-8-24(28)30-3/h9-14,18H,4-8,15-17H2,1-3H3. The Morgan fingerprint density at radius 2 is 1.77 bits per heavy atom. The topological polar surface area (TPSA) is 62.6 Å². The highest BCUT2D eigenvalue weighted by atomic mass is 16.5. The van der Waals surface area contributed by atoms with Gasteiger partial charge in [0.05, 0.1) is 24.8 Å². The van der Waals surface area contributed by atoms with Crippen molar-refractivity contribution in [1.82, 2.24) is 9.55 Å². The molecule has 0 unspecified atom stereocenters. The summed E-state index contributed by atoms with van der Waals surface area (Å²) >= 11 is 0. The first kappa shape index (κ1) is 22.8. The number of aryl methyl sites for hydroxylation is 2. The lowest BCUT2D eigenvalue weighted by Crippen LogP contribution is -2.04. The molecule has 0 saturated heterocycles. The number of esters is 1. The summed E-state index contributed by atoms with van der Waals surface area (Å²) in [6.07, 6.45) is 4.03. The van der Waals surface area contributed by atoms with Gasteiger partial charge in [0.25, 0.3) is 0 Å². The molecule has 0 radical (unpaired) electrons. The van der Waals surface area contributed by atoms with Crippen LogP contribution in [-0.4, -0.2) is 43.0 Å². The van der Waals surface area contributed by atoms with Crippen molar-refractivity contribution in [3.05, 3.63) is 48.0 Å². The van der Waals surface area contributed by atoms with Crippen LogP contribution in [0.1, 0.15) is 37.7 Å². The summed E-state index contributed by atoms with van der Waals surface area (Å²) in [5.74, 6) is 1.65. The van der Waals surface area contributed by atoms with Crippen LogP contribution in [0.15, 0.2) is 42.5 Å². The van der Waals surface area contributed by atoms with Gasteiger partial charge in [-0.3, -0.25) is 4.79 Å². The van der Waals surface area contributed by atoms with Crippen molar-refractivity contribution in [2.75, 3.05) is 27.4 Å². The third-order valence-corrected chi connectivity index (χ3v) is 5.28. The normalized spacial score (nSPS) is 11.1. The van der Waals surface area contributed by atoms with E-state index in [1.54, 1.807) is 7.11 Å². The Labute approximate surface area is 184 Å². The summed E-state index contributed by atoms with van der Waals surface area (Å²) in [6.45, 7) is 4.24. The summed E-state index contributed by atoms with van der Waals surface area (Å²) in [5, 5.41) is 0. The van der Waals surface area contributed by atoms with Gasteiger partial charge in [-0.15, -0.1) is 0 Å². The quantitative estimate of drug-likeness (QED) is 0.297. The molecule has 0 aliphatic heterocycles. The number of methoxy groups -OCH3 is 2. The van der Waals surface area contributed by atoms with Gasteiger partial charge < -0.3 is 18.8 Å². The van der Waals surface area contributed by atoms with Crippen LogP contribution in [0, 0.1) is 6.92 Å². The summed E-state index contributed by atoms with van der Waals surface area (Å²) < 4.78 is 18.2. The minimum absolute atomic E-state index is 0.155. The molecule has 6 nitrogen and oxygen atoms in total. The zero-order chi connectivity index (χ0) is 22.1. The van der Waals surface area contributed by atoms with Crippen molar-refractivity contribution < 1.29 is 19.0 Å². The predicted octanol–water partition coefficient (Wildman–Crippen LogP) is 5.16. The van der Waals surface area contributed by atoms with E-state index in [9.17, 15) is 4.79 Å². The van der Waals surface area contributed by atoms with Gasteiger partial charge in [-0.05, 0) is 44.7 Å². The Bertz CT molecular complexity index is 979. The number of ether oxygens (including phenoxy) is 3. The molecule has 2 aromatic carbocycles. The van der Waals surface area contributed by atoms with Gasteiger partial charge in [0, 0.05) is 38.3 Å². The summed E-state index contributed by atoms with van der Waals surface area (Å²) in [4.78, 5) is 16.1. The van der Waals surface area contributed by atoms with E-state index in [1.807, 2.05) is 12.1 Å². The fourth-order valence-electron chi connectivity index (χ4n) is 3.55. The molecule has 31 heavy (non-hydrogen) atoms. The highest BCUT2D eigenvalue weighted by molar-refractivity contribution is 5.82. The van der Waals surface area contributed by atoms with Crippen LogP contribution < -0.4 is 4.74 Å². The highest BCUT2D eigenvalue weighted by Crippen LogP contribution is 2.28. The first-order valence-corrected chi connectivity index (χ1v) is 10.9. The molecule has 6 heteroatoms. The number of carbonyl (C=O) groups excluding carboxylic acids is 1. The van der Waals surface area contributed by atoms with Crippen molar-refractivity contribution in [2.45, 2.75) is 45.6 Å². The molecule has 0 bridgehead atoms. The van der Waals surface area contributed by atoms with E-state index in [0.717, 1.165) is 60.4 Å². The van der Waals surface area contributed by atoms with Crippen molar-refractivity contribution >= 4 is 17.0 Å². The molecular weight excluding hydrogens is 392 g/mol. The second-order valence-corrected chi connectivity index (χ2v) is 7.69. The molecule has 0 fully saturated rings. The average molecular weight is 425 g/mol. The fraction of sp³-hybridized carbons (Fsp3) is 0.440. The molecule has 0 amide bonds. The van der Waals surface area contributed by atoms with Crippen LogP contribution in [0.2, 0.25) is 0 Å². The summed E-state index contributed by atoms with van der Waals surface area (Å²) in [6, 6.07) is 14.5. The van der Waals surface area contributed by atoms with E-state index >= 15 is 0 Å². The first-order chi connectivity index (χ1) is 15.1. The van der Waals surface area contributed by atoms with Gasteiger partial charge >= 0.3 is 5.97 Å². The lowest BCUT2D eigenvalue weighted by molar-refractivity contribution is -0.140. The Morgan fingerprint density at radius 3 is 2.52 bits per heavy atom. The number of aromatic nitrogens is 2. The van der Waals surface area contributed by atoms with E-state index in [-0.39, 0.29) is 5.97 Å². The lowest BCUT2D eigenvalue weighted by Gasteiger charge is -2.11. The third kappa shape index (κ3) is 6.31. The molecule has 1 heterocycles. The number of carbonyl (C=O) groups is 1. The number of fused-ring (bicyclic) bond motifs is 1. The molecule has 0 spiro atoms. The number of hydrogen-bond donors (Lipinski definition) is 0. The number of rotatable bonds is 12. The maximum absolute atomic E-state index is 11.2. The second-order valence-electron chi connectivity index (χ2n) is 7.69. The van der Waals surface area contributed by atoms with E-state index in [2.05, 4.69) is 46.6 Å². The minimum atomic E-state index is -0.155. The number of imidazole rings is 1. The van der Waals surface area contributed by atoms with E-state index < -0.39 is 0 Å². The van der Waals surface area contributed by atoms with Crippen LogP contribution in [0.5, 0.6) is 5.75 Å². The van der Waals surface area contributed by atoms with Crippen LogP contribution in [0.25, 0.3) is 22.4 Å². The van der Waals surface area contributed by atoms with Crippen molar-refractivity contribution in [1.29, 1.82) is 0 Å². The number of unbranched alkanes of at least 4 members (excludes halogenated alkanes) is 2. The van der Waals surface area contributed by atoms with Crippen molar-refractivity contribution in [3.8, 4) is 17.1 Å². The van der Waals surface area contributed by atoms with Gasteiger partial charge in [0.2, 0.25) is 0 Å². The van der Waals surface area contributed by atoms with E-state index in [4.69, 9.17) is 14.5 Å². The number of benzene rings is 2. The van der Waals surface area contributed by atoms with Crippen molar-refractivity contribution in [3.63, 3.8) is 0 Å². The Hall–Kier alpha value is -2.86. The average Bonchev–Trinajstić information content (AvgIpc) is 3.14. The van der Waals surface area contributed by atoms with E-state index in [0.29, 0.717) is 19.6 Å². The first-order valence-electron chi connectivity index (χ1n) is 10.9. The number of hydrogen-bond acceptors (Lipinski definition) is 5. The smallest absolute Gasteiger partial charge is 0.305 e. The number of nitrogens with zero attached hydrogens (tertiary/aromatic N) is 2. The molecular formula is C25H32N2O4. The van der Waals surface area contributed by atoms with E-state index in [1.165, 1.54) is 12.7 Å². The molecule has 0 saturated carbocycles. The molecule has 0 aliphatic carbocycles. The van der Waals surface area contributed by atoms with Gasteiger partial charge in [-0.2, -0.15) is 0 Å². The fourth-order valence-corrected chi connectivity index (χ4v) is 3.55. The largest absolute Gasteiger partial charge is 0.494 e. The molecule has 0 N–H and O–H groups in total. The van der Waals surface area contributed by atoms with Gasteiger partial charge in [-0.1, -0.05) is 29.8 Å². The predicted molar refractivity (Wildman–Crippen MR) is 122 cm³/mol. The molecule has 0 atom stereocenters. The molecule has 166 valence electrons. The van der Waals surface area contributed by atoms with Gasteiger partial charge in [-0.25, -0.2) is 4.98 Å². The summed E-state index contributed by atoms with van der Waals surface area (Å²) in [5.41, 5.74) is 4.36. The lowest BCUT2D eigenvalue weighted by atomic mass is 10.1. The van der Waals surface area contributed by atoms with Crippen LogP contribution in [-0.2, 0) is 20.8 Å². The monoisotopic (exact) mass is 424 g/mol. The Kier molecular flexibility index (Phi) is 8.47. The second kappa shape index (κ2) is 11.5. The molecule has 1 aromatic heterocycles. The zero-order valence-electron chi connectivity index (χ0n) is 18.7. The maximum atomic E-state index is 11.2. The zero-order valence-corrected chi connectivity index (χ0v) is 18.7. The van der Waals surface area contributed by atoms with Crippen LogP contribution in [0.4, 0.5) is 0 Å². The maximum Gasteiger partial charge on any atom is 0.305 e. The third-order valence-electron chi connectivity index (χ3n) is 5.28. The SMILES string of the molecule is COCCCn1c(-c2ccc(C)cc2)nc2ccc(OCCCCCC(=O)OC)cc21. The molecule has 3 rings (SSSR count). The molecule has 3 aromatic rings. The Balaban J connectivity index is 1.73. The summed E-state index contributed by atoms with van der Waals surface area (Å²) in [7, 11) is 3.15.